The summed E-state index contributed by atoms with van der Waals surface area (Å²) in [4.78, 5) is 8.79. The number of piperazine rings is 1. The first-order valence-electron chi connectivity index (χ1n) is 9.40. The number of anilines is 1. The molecule has 1 aliphatic rings. The van der Waals surface area contributed by atoms with Crippen LogP contribution in [0.4, 0.5) is 10.1 Å². The zero-order valence-electron chi connectivity index (χ0n) is 16.0. The molecule has 26 heavy (non-hydrogen) atoms. The van der Waals surface area contributed by atoms with Crippen LogP contribution in [0.2, 0.25) is 0 Å². The fourth-order valence-electron chi connectivity index (χ4n) is 3.07. The third-order valence-corrected chi connectivity index (χ3v) is 4.55. The summed E-state index contributed by atoms with van der Waals surface area (Å²) in [5.74, 6) is 0.708. The Kier molecular flexibility index (Phi) is 9.20. The maximum Gasteiger partial charge on any atom is 0.190 e. The smallest absolute Gasteiger partial charge is 0.190 e. The van der Waals surface area contributed by atoms with Crippen molar-refractivity contribution in [2.24, 2.45) is 4.99 Å². The lowest BCUT2D eigenvalue weighted by Gasteiger charge is -2.36. The number of ether oxygens (including phenoxy) is 1. The zero-order valence-corrected chi connectivity index (χ0v) is 16.0. The van der Waals surface area contributed by atoms with Gasteiger partial charge in [0, 0.05) is 60.0 Å². The maximum absolute atomic E-state index is 13.9. The molecule has 2 rings (SSSR count). The maximum atomic E-state index is 13.9. The number of nitrogens with one attached hydrogen (secondary N) is 2. The van der Waals surface area contributed by atoms with Crippen molar-refractivity contribution >= 4 is 11.6 Å². The molecule has 0 unspecified atom stereocenters. The van der Waals surface area contributed by atoms with Gasteiger partial charge in [0.1, 0.15) is 5.82 Å². The first-order chi connectivity index (χ1) is 12.7. The fraction of sp³-hybridized carbons (Fsp3) is 0.632. The topological polar surface area (TPSA) is 52.1 Å². The number of nitrogens with zero attached hydrogens (tertiary/aromatic N) is 3. The second-order valence-corrected chi connectivity index (χ2v) is 6.41. The van der Waals surface area contributed by atoms with E-state index in [2.05, 4.69) is 25.4 Å². The van der Waals surface area contributed by atoms with Gasteiger partial charge >= 0.3 is 0 Å². The first-order valence-corrected chi connectivity index (χ1v) is 9.40. The predicted molar refractivity (Wildman–Crippen MR) is 106 cm³/mol. The van der Waals surface area contributed by atoms with Crippen molar-refractivity contribution in [1.29, 1.82) is 0 Å². The number of benzene rings is 1. The summed E-state index contributed by atoms with van der Waals surface area (Å²) in [6.07, 6.45) is 2.02. The summed E-state index contributed by atoms with van der Waals surface area (Å²) in [5, 5.41) is 6.61. The number of methoxy groups -OCH3 is 1. The molecule has 0 bridgehead atoms. The highest BCUT2D eigenvalue weighted by molar-refractivity contribution is 5.79. The monoisotopic (exact) mass is 365 g/mol. The highest BCUT2D eigenvalue weighted by Crippen LogP contribution is 2.20. The van der Waals surface area contributed by atoms with Crippen LogP contribution in [0.15, 0.2) is 29.3 Å². The van der Waals surface area contributed by atoms with Gasteiger partial charge in [-0.2, -0.15) is 0 Å². The minimum absolute atomic E-state index is 0.130. The molecule has 1 saturated heterocycles. The van der Waals surface area contributed by atoms with Crippen LogP contribution in [0.5, 0.6) is 0 Å². The predicted octanol–water partition coefficient (Wildman–Crippen LogP) is 1.54. The first kappa shape index (κ1) is 20.5. The molecule has 1 aromatic carbocycles. The Balaban J connectivity index is 1.59. The van der Waals surface area contributed by atoms with E-state index in [0.717, 1.165) is 76.9 Å². The molecule has 7 heteroatoms. The lowest BCUT2D eigenvalue weighted by atomic mass is 10.2. The molecule has 0 spiro atoms. The quantitative estimate of drug-likeness (QED) is 0.395. The summed E-state index contributed by atoms with van der Waals surface area (Å²) in [6, 6.07) is 7.03. The minimum Gasteiger partial charge on any atom is -0.385 e. The van der Waals surface area contributed by atoms with Gasteiger partial charge in [-0.3, -0.25) is 9.89 Å². The van der Waals surface area contributed by atoms with Crippen molar-refractivity contribution in [2.45, 2.75) is 12.8 Å². The Morgan fingerprint density at radius 2 is 1.81 bits per heavy atom. The van der Waals surface area contributed by atoms with Gasteiger partial charge < -0.3 is 20.3 Å². The van der Waals surface area contributed by atoms with Crippen molar-refractivity contribution in [3.63, 3.8) is 0 Å². The second-order valence-electron chi connectivity index (χ2n) is 6.41. The van der Waals surface area contributed by atoms with Crippen LogP contribution in [0.3, 0.4) is 0 Å². The van der Waals surface area contributed by atoms with E-state index >= 15 is 0 Å². The van der Waals surface area contributed by atoms with Gasteiger partial charge in [-0.25, -0.2) is 4.39 Å². The van der Waals surface area contributed by atoms with Crippen molar-refractivity contribution in [3.8, 4) is 0 Å². The van der Waals surface area contributed by atoms with Gasteiger partial charge in [-0.05, 0) is 31.5 Å². The molecule has 1 aromatic rings. The summed E-state index contributed by atoms with van der Waals surface area (Å²) in [7, 11) is 3.50. The zero-order chi connectivity index (χ0) is 18.6. The van der Waals surface area contributed by atoms with E-state index in [1.54, 1.807) is 20.2 Å². The Bertz CT molecular complexity index is 546. The van der Waals surface area contributed by atoms with E-state index in [1.807, 2.05) is 12.1 Å². The van der Waals surface area contributed by atoms with Gasteiger partial charge in [0.2, 0.25) is 0 Å². The molecule has 2 N–H and O–H groups in total. The largest absolute Gasteiger partial charge is 0.385 e. The molecule has 0 atom stereocenters. The molecule has 0 saturated carbocycles. The number of hydrogen-bond acceptors (Lipinski definition) is 4. The Hall–Kier alpha value is -1.86. The summed E-state index contributed by atoms with van der Waals surface area (Å²) >= 11 is 0. The number of hydrogen-bond donors (Lipinski definition) is 2. The van der Waals surface area contributed by atoms with Crippen molar-refractivity contribution in [1.82, 2.24) is 15.5 Å². The molecular weight excluding hydrogens is 333 g/mol. The standard InChI is InChI=1S/C19H32FN5O/c1-21-19(23-10-6-16-26-2)22-9-5-11-24-12-14-25(15-13-24)18-8-4-3-7-17(18)20/h3-4,7-8H,5-6,9-16H2,1-2H3,(H2,21,22,23). The summed E-state index contributed by atoms with van der Waals surface area (Å²) < 4.78 is 18.9. The Morgan fingerprint density at radius 1 is 1.12 bits per heavy atom. The highest BCUT2D eigenvalue weighted by Gasteiger charge is 2.18. The molecule has 1 heterocycles. The van der Waals surface area contributed by atoms with Crippen LogP contribution in [-0.4, -0.2) is 77.4 Å². The van der Waals surface area contributed by atoms with Crippen LogP contribution in [0.1, 0.15) is 12.8 Å². The second kappa shape index (κ2) is 11.7. The molecule has 0 radical (unpaired) electrons. The molecule has 0 amide bonds. The van der Waals surface area contributed by atoms with Gasteiger partial charge in [0.15, 0.2) is 5.96 Å². The lowest BCUT2D eigenvalue weighted by molar-refractivity contribution is 0.195. The van der Waals surface area contributed by atoms with Crippen molar-refractivity contribution in [2.75, 3.05) is 71.5 Å². The fourth-order valence-corrected chi connectivity index (χ4v) is 3.07. The molecule has 146 valence electrons. The van der Waals surface area contributed by atoms with Crippen LogP contribution in [0.25, 0.3) is 0 Å². The SMILES string of the molecule is CN=C(NCCCOC)NCCCN1CCN(c2ccccc2F)CC1. The third-order valence-electron chi connectivity index (χ3n) is 4.55. The van der Waals surface area contributed by atoms with Crippen LogP contribution in [0, 0.1) is 5.82 Å². The average molecular weight is 365 g/mol. The number of aliphatic imine (C=N–C) groups is 1. The van der Waals surface area contributed by atoms with Crippen LogP contribution < -0.4 is 15.5 Å². The molecular formula is C19H32FN5O. The molecule has 1 aliphatic heterocycles. The van der Waals surface area contributed by atoms with E-state index in [-0.39, 0.29) is 5.82 Å². The van der Waals surface area contributed by atoms with E-state index in [9.17, 15) is 4.39 Å². The molecule has 6 nitrogen and oxygen atoms in total. The number of rotatable bonds is 9. The third kappa shape index (κ3) is 6.80. The van der Waals surface area contributed by atoms with Crippen LogP contribution >= 0.6 is 0 Å². The molecule has 0 aliphatic carbocycles. The van der Waals surface area contributed by atoms with Crippen LogP contribution in [-0.2, 0) is 4.74 Å². The highest BCUT2D eigenvalue weighted by atomic mass is 19.1. The molecule has 0 aromatic heterocycles. The van der Waals surface area contributed by atoms with Crippen molar-refractivity contribution in [3.05, 3.63) is 30.1 Å². The lowest BCUT2D eigenvalue weighted by Crippen LogP contribution is -2.47. The van der Waals surface area contributed by atoms with Gasteiger partial charge in [0.05, 0.1) is 5.69 Å². The van der Waals surface area contributed by atoms with Gasteiger partial charge in [0.25, 0.3) is 0 Å². The van der Waals surface area contributed by atoms with E-state index in [4.69, 9.17) is 4.74 Å². The van der Waals surface area contributed by atoms with Gasteiger partial charge in [-0.1, -0.05) is 12.1 Å². The Morgan fingerprint density at radius 3 is 2.46 bits per heavy atom. The van der Waals surface area contributed by atoms with E-state index < -0.39 is 0 Å². The van der Waals surface area contributed by atoms with E-state index in [0.29, 0.717) is 0 Å². The summed E-state index contributed by atoms with van der Waals surface area (Å²) in [5.41, 5.74) is 0.720. The minimum atomic E-state index is -0.130. The van der Waals surface area contributed by atoms with E-state index in [1.165, 1.54) is 6.07 Å². The number of para-hydroxylation sites is 1. The number of halogens is 1. The summed E-state index contributed by atoms with van der Waals surface area (Å²) in [6.45, 7) is 7.22. The number of guanidine groups is 1. The molecule has 1 fully saturated rings. The Labute approximate surface area is 156 Å². The normalized spacial score (nSPS) is 16.0. The average Bonchev–Trinajstić information content (AvgIpc) is 2.68. The van der Waals surface area contributed by atoms with Crippen molar-refractivity contribution < 1.29 is 9.13 Å². The van der Waals surface area contributed by atoms with Gasteiger partial charge in [-0.15, -0.1) is 0 Å².